The number of rotatable bonds is 8. The molecule has 1 aromatic carbocycles. The fourth-order valence-electron chi connectivity index (χ4n) is 3.04. The Balaban J connectivity index is 1.78. The van der Waals surface area contributed by atoms with Crippen LogP contribution in [0.4, 0.5) is 4.79 Å². The quantitative estimate of drug-likeness (QED) is 0.709. The second kappa shape index (κ2) is 10.0. The SMILES string of the molecule is CC(C)OC(=O)CCNC(=O)NCC(c1ccccc1)N1CCCC1. The third kappa shape index (κ3) is 6.74. The molecule has 2 N–H and O–H groups in total. The molecule has 6 heteroatoms. The van der Waals surface area contributed by atoms with E-state index in [9.17, 15) is 9.59 Å². The van der Waals surface area contributed by atoms with E-state index in [-0.39, 0.29) is 37.1 Å². The molecule has 6 nitrogen and oxygen atoms in total. The maximum absolute atomic E-state index is 12.0. The van der Waals surface area contributed by atoms with Gasteiger partial charge in [-0.25, -0.2) is 4.79 Å². The van der Waals surface area contributed by atoms with E-state index in [1.54, 1.807) is 13.8 Å². The zero-order chi connectivity index (χ0) is 18.1. The van der Waals surface area contributed by atoms with Crippen LogP contribution in [0.1, 0.15) is 44.7 Å². The minimum Gasteiger partial charge on any atom is -0.463 e. The Kier molecular flexibility index (Phi) is 7.73. The summed E-state index contributed by atoms with van der Waals surface area (Å²) >= 11 is 0. The molecule has 0 radical (unpaired) electrons. The molecule has 2 amide bonds. The van der Waals surface area contributed by atoms with Gasteiger partial charge < -0.3 is 15.4 Å². The molecule has 25 heavy (non-hydrogen) atoms. The summed E-state index contributed by atoms with van der Waals surface area (Å²) in [5.41, 5.74) is 1.21. The van der Waals surface area contributed by atoms with Crippen molar-refractivity contribution >= 4 is 12.0 Å². The Morgan fingerprint density at radius 1 is 1.12 bits per heavy atom. The normalized spacial score (nSPS) is 15.8. The molecular formula is C19H29N3O3. The molecule has 2 rings (SSSR count). The van der Waals surface area contributed by atoms with Crippen LogP contribution in [-0.2, 0) is 9.53 Å². The molecule has 1 unspecified atom stereocenters. The van der Waals surface area contributed by atoms with Crippen molar-refractivity contribution in [2.24, 2.45) is 0 Å². The van der Waals surface area contributed by atoms with Crippen LogP contribution in [0.2, 0.25) is 0 Å². The Morgan fingerprint density at radius 2 is 1.80 bits per heavy atom. The Morgan fingerprint density at radius 3 is 2.44 bits per heavy atom. The first kappa shape index (κ1) is 19.2. The number of nitrogens with one attached hydrogen (secondary N) is 2. The van der Waals surface area contributed by atoms with Crippen LogP contribution in [0.5, 0.6) is 0 Å². The summed E-state index contributed by atoms with van der Waals surface area (Å²) in [6.45, 7) is 6.55. The first-order valence-electron chi connectivity index (χ1n) is 9.06. The van der Waals surface area contributed by atoms with E-state index in [0.717, 1.165) is 13.1 Å². The zero-order valence-corrected chi connectivity index (χ0v) is 15.2. The van der Waals surface area contributed by atoms with E-state index in [1.807, 2.05) is 18.2 Å². The minimum atomic E-state index is -0.297. The zero-order valence-electron chi connectivity index (χ0n) is 15.2. The lowest BCUT2D eigenvalue weighted by Gasteiger charge is -2.28. The number of amides is 2. The third-order valence-electron chi connectivity index (χ3n) is 4.20. The fourth-order valence-corrected chi connectivity index (χ4v) is 3.04. The molecule has 1 heterocycles. The van der Waals surface area contributed by atoms with Crippen LogP contribution in [-0.4, -0.2) is 49.2 Å². The van der Waals surface area contributed by atoms with Crippen molar-refractivity contribution in [3.8, 4) is 0 Å². The summed E-state index contributed by atoms with van der Waals surface area (Å²) in [6, 6.07) is 10.2. The van der Waals surface area contributed by atoms with Crippen molar-refractivity contribution in [1.29, 1.82) is 0 Å². The number of carbonyl (C=O) groups is 2. The van der Waals surface area contributed by atoms with Crippen molar-refractivity contribution in [3.05, 3.63) is 35.9 Å². The molecule has 1 aliphatic rings. The van der Waals surface area contributed by atoms with Crippen LogP contribution in [0.25, 0.3) is 0 Å². The second-order valence-corrected chi connectivity index (χ2v) is 6.59. The van der Waals surface area contributed by atoms with Gasteiger partial charge in [-0.3, -0.25) is 9.69 Å². The third-order valence-corrected chi connectivity index (χ3v) is 4.20. The molecular weight excluding hydrogens is 318 g/mol. The van der Waals surface area contributed by atoms with Gasteiger partial charge in [-0.05, 0) is 45.3 Å². The molecule has 1 atom stereocenters. The Labute approximate surface area is 149 Å². The first-order chi connectivity index (χ1) is 12.1. The smallest absolute Gasteiger partial charge is 0.314 e. The lowest BCUT2D eigenvalue weighted by molar-refractivity contribution is -0.147. The van der Waals surface area contributed by atoms with Crippen molar-refractivity contribution < 1.29 is 14.3 Å². The number of ether oxygens (including phenoxy) is 1. The highest BCUT2D eigenvalue weighted by molar-refractivity contribution is 5.75. The summed E-state index contributed by atoms with van der Waals surface area (Å²) in [5, 5.41) is 5.64. The number of esters is 1. The highest BCUT2D eigenvalue weighted by Gasteiger charge is 2.23. The summed E-state index contributed by atoms with van der Waals surface area (Å²) in [7, 11) is 0. The number of benzene rings is 1. The van der Waals surface area contributed by atoms with E-state index in [1.165, 1.54) is 18.4 Å². The van der Waals surface area contributed by atoms with Crippen molar-refractivity contribution in [1.82, 2.24) is 15.5 Å². The van der Waals surface area contributed by atoms with Crippen LogP contribution < -0.4 is 10.6 Å². The number of likely N-dealkylation sites (tertiary alicyclic amines) is 1. The van der Waals surface area contributed by atoms with Gasteiger partial charge in [-0.1, -0.05) is 30.3 Å². The lowest BCUT2D eigenvalue weighted by atomic mass is 10.1. The van der Waals surface area contributed by atoms with Crippen molar-refractivity contribution in [2.45, 2.75) is 45.3 Å². The average Bonchev–Trinajstić information content (AvgIpc) is 3.09. The van der Waals surface area contributed by atoms with Crippen molar-refractivity contribution in [3.63, 3.8) is 0 Å². The van der Waals surface area contributed by atoms with Crippen LogP contribution in [0, 0.1) is 0 Å². The average molecular weight is 347 g/mol. The summed E-state index contributed by atoms with van der Waals surface area (Å²) in [4.78, 5) is 25.9. The summed E-state index contributed by atoms with van der Waals surface area (Å²) in [6.07, 6.45) is 2.45. The second-order valence-electron chi connectivity index (χ2n) is 6.59. The number of hydrogen-bond acceptors (Lipinski definition) is 4. The van der Waals surface area contributed by atoms with E-state index in [4.69, 9.17) is 4.74 Å². The summed E-state index contributed by atoms with van der Waals surface area (Å²) < 4.78 is 5.04. The molecule has 138 valence electrons. The number of hydrogen-bond donors (Lipinski definition) is 2. The van der Waals surface area contributed by atoms with Crippen LogP contribution in [0.3, 0.4) is 0 Å². The van der Waals surface area contributed by atoms with Gasteiger partial charge in [0.25, 0.3) is 0 Å². The highest BCUT2D eigenvalue weighted by atomic mass is 16.5. The lowest BCUT2D eigenvalue weighted by Crippen LogP contribution is -2.42. The number of urea groups is 1. The van der Waals surface area contributed by atoms with Crippen LogP contribution in [0.15, 0.2) is 30.3 Å². The van der Waals surface area contributed by atoms with E-state index in [0.29, 0.717) is 6.54 Å². The molecule has 0 bridgehead atoms. The molecule has 0 aromatic heterocycles. The van der Waals surface area contributed by atoms with Gasteiger partial charge in [0.05, 0.1) is 18.6 Å². The number of nitrogens with zero attached hydrogens (tertiary/aromatic N) is 1. The van der Waals surface area contributed by atoms with Gasteiger partial charge in [0.15, 0.2) is 0 Å². The predicted molar refractivity (Wildman–Crippen MR) is 97.2 cm³/mol. The summed E-state index contributed by atoms with van der Waals surface area (Å²) in [5.74, 6) is -0.297. The fraction of sp³-hybridized carbons (Fsp3) is 0.579. The van der Waals surface area contributed by atoms with E-state index >= 15 is 0 Å². The van der Waals surface area contributed by atoms with E-state index < -0.39 is 0 Å². The Hall–Kier alpha value is -2.08. The molecule has 0 saturated carbocycles. The monoisotopic (exact) mass is 347 g/mol. The molecule has 0 aliphatic carbocycles. The molecule has 1 aliphatic heterocycles. The maximum Gasteiger partial charge on any atom is 0.314 e. The first-order valence-corrected chi connectivity index (χ1v) is 9.06. The van der Waals surface area contributed by atoms with Crippen molar-refractivity contribution in [2.75, 3.05) is 26.2 Å². The van der Waals surface area contributed by atoms with Gasteiger partial charge in [-0.15, -0.1) is 0 Å². The molecule has 1 aromatic rings. The molecule has 1 saturated heterocycles. The maximum atomic E-state index is 12.0. The van der Waals surface area contributed by atoms with Gasteiger partial charge in [0.1, 0.15) is 0 Å². The minimum absolute atomic E-state index is 0.131. The predicted octanol–water partition coefficient (Wildman–Crippen LogP) is 2.46. The van der Waals surface area contributed by atoms with Gasteiger partial charge in [0.2, 0.25) is 0 Å². The molecule has 0 spiro atoms. The van der Waals surface area contributed by atoms with Gasteiger partial charge in [0, 0.05) is 13.1 Å². The number of carbonyl (C=O) groups excluding carboxylic acids is 2. The van der Waals surface area contributed by atoms with E-state index in [2.05, 4.69) is 27.7 Å². The Bertz CT molecular complexity index is 542. The highest BCUT2D eigenvalue weighted by Crippen LogP contribution is 2.24. The standard InChI is InChI=1S/C19H29N3O3/c1-15(2)25-18(23)10-11-20-19(24)21-14-17(22-12-6-7-13-22)16-8-4-3-5-9-16/h3-5,8-9,15,17H,6-7,10-14H2,1-2H3,(H2,20,21,24). The molecule has 1 fully saturated rings. The van der Waals surface area contributed by atoms with Gasteiger partial charge >= 0.3 is 12.0 Å². The largest absolute Gasteiger partial charge is 0.463 e. The van der Waals surface area contributed by atoms with Crippen LogP contribution >= 0.6 is 0 Å². The topological polar surface area (TPSA) is 70.7 Å². The van der Waals surface area contributed by atoms with Gasteiger partial charge in [-0.2, -0.15) is 0 Å².